The number of benzene rings is 3. The molecule has 0 unspecified atom stereocenters. The van der Waals surface area contributed by atoms with Crippen molar-refractivity contribution < 1.29 is 13.2 Å². The summed E-state index contributed by atoms with van der Waals surface area (Å²) >= 11 is 2.20. The van der Waals surface area contributed by atoms with Crippen LogP contribution in [0.15, 0.2) is 90.6 Å². The maximum absolute atomic E-state index is 13.1. The Hall–Kier alpha value is -2.71. The number of carbonyl (C=O) groups is 1. The number of nitrogens with zero attached hydrogens (tertiary/aromatic N) is 1. The van der Waals surface area contributed by atoms with Crippen LogP contribution in [0.2, 0.25) is 0 Å². The highest BCUT2D eigenvalue weighted by atomic mass is 127. The summed E-state index contributed by atoms with van der Waals surface area (Å²) in [7, 11) is -3.68. The van der Waals surface area contributed by atoms with E-state index in [1.54, 1.807) is 12.1 Å². The molecule has 0 aromatic heterocycles. The van der Waals surface area contributed by atoms with Gasteiger partial charge in [-0.25, -0.2) is 12.7 Å². The van der Waals surface area contributed by atoms with E-state index in [1.807, 2.05) is 78.9 Å². The Balaban J connectivity index is 1.85. The normalized spacial score (nSPS) is 19.2. The molecule has 154 valence electrons. The zero-order chi connectivity index (χ0) is 21.8. The number of hydrogen-bond donors (Lipinski definition) is 0. The molecule has 2 aliphatic carbocycles. The van der Waals surface area contributed by atoms with Crippen molar-refractivity contribution in [1.29, 1.82) is 0 Å². The molecule has 6 heteroatoms. The fourth-order valence-electron chi connectivity index (χ4n) is 4.57. The van der Waals surface area contributed by atoms with Crippen LogP contribution in [-0.2, 0) is 15.4 Å². The second-order valence-electron chi connectivity index (χ2n) is 7.67. The summed E-state index contributed by atoms with van der Waals surface area (Å²) in [4.78, 5) is 12.7. The van der Waals surface area contributed by atoms with Crippen molar-refractivity contribution in [2.45, 2.75) is 5.41 Å². The molecule has 1 spiro atoms. The predicted molar refractivity (Wildman–Crippen MR) is 132 cm³/mol. The monoisotopic (exact) mass is 539 g/mol. The highest BCUT2D eigenvalue weighted by Crippen LogP contribution is 2.52. The minimum atomic E-state index is -3.68. The molecule has 0 fully saturated rings. The van der Waals surface area contributed by atoms with Gasteiger partial charge in [0.2, 0.25) is 10.0 Å². The Morgan fingerprint density at radius 1 is 0.871 bits per heavy atom. The van der Waals surface area contributed by atoms with Crippen molar-refractivity contribution in [3.8, 4) is 0 Å². The molecule has 0 N–H and O–H groups in total. The van der Waals surface area contributed by atoms with Crippen molar-refractivity contribution in [2.75, 3.05) is 10.6 Å². The lowest BCUT2D eigenvalue weighted by Crippen LogP contribution is -2.41. The summed E-state index contributed by atoms with van der Waals surface area (Å²) in [5.41, 5.74) is 3.54. The highest BCUT2D eigenvalue weighted by molar-refractivity contribution is 14.1. The number of halogens is 1. The van der Waals surface area contributed by atoms with Crippen molar-refractivity contribution in [3.05, 3.63) is 116 Å². The Labute approximate surface area is 195 Å². The minimum Gasteiger partial charge on any atom is -0.289 e. The largest absolute Gasteiger partial charge is 0.289 e. The first-order valence-corrected chi connectivity index (χ1v) is 12.7. The molecule has 0 radical (unpaired) electrons. The zero-order valence-corrected chi connectivity index (χ0v) is 19.6. The van der Waals surface area contributed by atoms with Crippen LogP contribution < -0.4 is 4.31 Å². The molecular weight excluding hydrogens is 521 g/mol. The lowest BCUT2D eigenvalue weighted by Gasteiger charge is -2.39. The topological polar surface area (TPSA) is 54.5 Å². The molecule has 31 heavy (non-hydrogen) atoms. The Bertz CT molecular complexity index is 1390. The van der Waals surface area contributed by atoms with E-state index in [0.29, 0.717) is 16.9 Å². The van der Waals surface area contributed by atoms with Crippen LogP contribution in [0.5, 0.6) is 0 Å². The molecule has 3 aromatic rings. The lowest BCUT2D eigenvalue weighted by molar-refractivity contribution is 0.104. The van der Waals surface area contributed by atoms with Gasteiger partial charge in [-0.3, -0.25) is 4.79 Å². The number of sulfonamides is 1. The van der Waals surface area contributed by atoms with Crippen LogP contribution in [0, 0.1) is 3.57 Å². The molecule has 0 bridgehead atoms. The fourth-order valence-corrected chi connectivity index (χ4v) is 5.98. The summed E-state index contributed by atoms with van der Waals surface area (Å²) in [6.45, 7) is 0. The molecule has 0 aliphatic heterocycles. The molecule has 0 saturated heterocycles. The molecule has 1 atom stereocenters. The third kappa shape index (κ3) is 3.08. The summed E-state index contributed by atoms with van der Waals surface area (Å²) in [6, 6.07) is 22.7. The van der Waals surface area contributed by atoms with Gasteiger partial charge in [-0.15, -0.1) is 0 Å². The van der Waals surface area contributed by atoms with Crippen LogP contribution in [0.3, 0.4) is 0 Å². The van der Waals surface area contributed by atoms with Gasteiger partial charge in [0, 0.05) is 9.13 Å². The van der Waals surface area contributed by atoms with Crippen molar-refractivity contribution in [2.24, 2.45) is 0 Å². The van der Waals surface area contributed by atoms with Crippen LogP contribution >= 0.6 is 22.6 Å². The van der Waals surface area contributed by atoms with Crippen LogP contribution in [-0.4, -0.2) is 20.5 Å². The van der Waals surface area contributed by atoms with Gasteiger partial charge < -0.3 is 0 Å². The Morgan fingerprint density at radius 3 is 2.23 bits per heavy atom. The average Bonchev–Trinajstić information content (AvgIpc) is 3.06. The molecule has 2 aliphatic rings. The summed E-state index contributed by atoms with van der Waals surface area (Å²) in [5.74, 6) is -0.0786. The third-order valence-corrected chi connectivity index (χ3v) is 7.59. The number of hydrogen-bond acceptors (Lipinski definition) is 3. The van der Waals surface area contributed by atoms with Gasteiger partial charge in [0.05, 0.1) is 23.1 Å². The van der Waals surface area contributed by atoms with E-state index in [4.69, 9.17) is 0 Å². The standard InChI is InChI=1S/C25H18INO3S/c1-31(29,30)27(19-12-10-18(26)11-13-19)24-16-17-6-2-4-8-21(17)25(24)15-14-23(28)20-7-3-5-9-22(20)25/h2-16H,1H3/t25-/m0/s1. The number of allylic oxidation sites excluding steroid dienone is 2. The number of anilines is 1. The van der Waals surface area contributed by atoms with Crippen LogP contribution in [0.1, 0.15) is 27.0 Å². The molecule has 0 amide bonds. The molecular formula is C25H18INO3S. The molecule has 0 saturated carbocycles. The average molecular weight is 539 g/mol. The minimum absolute atomic E-state index is 0.0786. The van der Waals surface area contributed by atoms with Gasteiger partial charge in [-0.1, -0.05) is 54.6 Å². The lowest BCUT2D eigenvalue weighted by atomic mass is 9.69. The maximum Gasteiger partial charge on any atom is 0.236 e. The van der Waals surface area contributed by atoms with E-state index in [2.05, 4.69) is 22.6 Å². The fraction of sp³-hybridized carbons (Fsp3) is 0.0800. The van der Waals surface area contributed by atoms with E-state index < -0.39 is 15.4 Å². The van der Waals surface area contributed by atoms with Gasteiger partial charge in [0.1, 0.15) is 0 Å². The number of ketones is 1. The molecule has 3 aromatic carbocycles. The van der Waals surface area contributed by atoms with E-state index in [9.17, 15) is 13.2 Å². The molecule has 4 nitrogen and oxygen atoms in total. The SMILES string of the molecule is CS(=O)(=O)N(C1=Cc2ccccc2[C@]12C=CC(=O)c1ccccc12)c1ccc(I)cc1. The number of rotatable bonds is 3. The predicted octanol–water partition coefficient (Wildman–Crippen LogP) is 5.15. The van der Waals surface area contributed by atoms with E-state index in [0.717, 1.165) is 20.3 Å². The van der Waals surface area contributed by atoms with Gasteiger partial charge >= 0.3 is 0 Å². The van der Waals surface area contributed by atoms with Crippen LogP contribution in [0.4, 0.5) is 5.69 Å². The van der Waals surface area contributed by atoms with Gasteiger partial charge in [-0.05, 0) is 75.7 Å². The maximum atomic E-state index is 13.1. The van der Waals surface area contributed by atoms with E-state index in [1.165, 1.54) is 10.6 Å². The Kier molecular flexibility index (Phi) is 4.67. The second-order valence-corrected chi connectivity index (χ2v) is 10.7. The number of fused-ring (bicyclic) bond motifs is 4. The number of carbonyl (C=O) groups excluding carboxylic acids is 1. The third-order valence-electron chi connectivity index (χ3n) is 5.80. The van der Waals surface area contributed by atoms with Crippen LogP contribution in [0.25, 0.3) is 6.08 Å². The first-order valence-electron chi connectivity index (χ1n) is 9.73. The van der Waals surface area contributed by atoms with Crippen molar-refractivity contribution >= 4 is 50.2 Å². The van der Waals surface area contributed by atoms with Crippen molar-refractivity contribution in [1.82, 2.24) is 0 Å². The highest BCUT2D eigenvalue weighted by Gasteiger charge is 2.49. The van der Waals surface area contributed by atoms with Crippen molar-refractivity contribution in [3.63, 3.8) is 0 Å². The second kappa shape index (κ2) is 7.17. The summed E-state index contributed by atoms with van der Waals surface area (Å²) in [6.07, 6.45) is 6.55. The molecule has 0 heterocycles. The first-order chi connectivity index (χ1) is 14.8. The van der Waals surface area contributed by atoms with Gasteiger partial charge in [-0.2, -0.15) is 0 Å². The Morgan fingerprint density at radius 2 is 1.52 bits per heavy atom. The van der Waals surface area contributed by atoms with E-state index in [-0.39, 0.29) is 5.78 Å². The first kappa shape index (κ1) is 20.2. The van der Waals surface area contributed by atoms with Gasteiger partial charge in [0.15, 0.2) is 5.78 Å². The zero-order valence-electron chi connectivity index (χ0n) is 16.6. The van der Waals surface area contributed by atoms with Gasteiger partial charge in [0.25, 0.3) is 0 Å². The quantitative estimate of drug-likeness (QED) is 0.433. The summed E-state index contributed by atoms with van der Waals surface area (Å²) < 4.78 is 28.7. The molecule has 5 rings (SSSR count). The smallest absolute Gasteiger partial charge is 0.236 e. The summed E-state index contributed by atoms with van der Waals surface area (Å²) in [5, 5.41) is 0. The van der Waals surface area contributed by atoms with E-state index >= 15 is 0 Å².